The second kappa shape index (κ2) is 7.55. The van der Waals surface area contributed by atoms with Crippen LogP contribution in [0.3, 0.4) is 0 Å². The van der Waals surface area contributed by atoms with E-state index >= 15 is 0 Å². The van der Waals surface area contributed by atoms with Crippen molar-refractivity contribution in [2.45, 2.75) is 52.3 Å². The molecule has 4 atom stereocenters. The van der Waals surface area contributed by atoms with E-state index in [4.69, 9.17) is 16.3 Å². The van der Waals surface area contributed by atoms with E-state index in [-0.39, 0.29) is 18.7 Å². The van der Waals surface area contributed by atoms with E-state index < -0.39 is 0 Å². The number of halogens is 1. The van der Waals surface area contributed by atoms with Crippen molar-refractivity contribution in [1.82, 2.24) is 15.1 Å². The van der Waals surface area contributed by atoms with Gasteiger partial charge in [-0.05, 0) is 80.7 Å². The zero-order valence-corrected chi connectivity index (χ0v) is 16.6. The number of carbonyl (C=O) groups is 1. The van der Waals surface area contributed by atoms with Gasteiger partial charge >= 0.3 is 0 Å². The molecule has 6 heteroatoms. The molecule has 1 N–H and O–H groups in total. The number of hydrogen-bond acceptors (Lipinski definition) is 3. The summed E-state index contributed by atoms with van der Waals surface area (Å²) in [6.07, 6.45) is 7.07. The van der Waals surface area contributed by atoms with E-state index in [0.29, 0.717) is 16.6 Å². The number of benzene rings is 1. The third kappa shape index (κ3) is 3.98. The smallest absolute Gasteiger partial charge is 0.271 e. The minimum absolute atomic E-state index is 0.105. The summed E-state index contributed by atoms with van der Waals surface area (Å²) in [6, 6.07) is 7.45. The zero-order chi connectivity index (χ0) is 19.0. The number of aryl methyl sites for hydroxylation is 1. The number of rotatable bonds is 6. The average Bonchev–Trinajstić information content (AvgIpc) is 3.39. The predicted molar refractivity (Wildman–Crippen MR) is 105 cm³/mol. The second-order valence-corrected chi connectivity index (χ2v) is 8.43. The summed E-state index contributed by atoms with van der Waals surface area (Å²) < 4.78 is 7.35. The van der Waals surface area contributed by atoms with E-state index in [1.165, 1.54) is 25.7 Å². The summed E-state index contributed by atoms with van der Waals surface area (Å²) in [5, 5.41) is 8.21. The first-order valence-electron chi connectivity index (χ1n) is 9.73. The molecule has 1 heterocycles. The van der Waals surface area contributed by atoms with Crippen LogP contribution in [-0.2, 0) is 6.73 Å². The highest BCUT2D eigenvalue weighted by Crippen LogP contribution is 2.49. The lowest BCUT2D eigenvalue weighted by molar-refractivity contribution is 0.0908. The van der Waals surface area contributed by atoms with Crippen LogP contribution in [0.25, 0.3) is 0 Å². The lowest BCUT2D eigenvalue weighted by Gasteiger charge is -2.28. The molecule has 4 rings (SSSR count). The molecule has 2 bridgehead atoms. The van der Waals surface area contributed by atoms with Crippen LogP contribution in [0.15, 0.2) is 30.5 Å². The van der Waals surface area contributed by atoms with Crippen LogP contribution < -0.4 is 10.1 Å². The van der Waals surface area contributed by atoms with Crippen LogP contribution in [0.2, 0.25) is 5.02 Å². The van der Waals surface area contributed by atoms with Crippen molar-refractivity contribution in [3.05, 3.63) is 46.7 Å². The van der Waals surface area contributed by atoms with Crippen molar-refractivity contribution in [2.75, 3.05) is 0 Å². The van der Waals surface area contributed by atoms with E-state index in [0.717, 1.165) is 23.1 Å². The summed E-state index contributed by atoms with van der Waals surface area (Å²) >= 11 is 6.03. The SMILES string of the molecule is Cc1cc(OCn2ccc(C(=O)NC(C)C3CC4CCC3C4)n2)ccc1Cl. The summed E-state index contributed by atoms with van der Waals surface area (Å²) in [6.45, 7) is 4.31. The number of fused-ring (bicyclic) bond motifs is 2. The summed E-state index contributed by atoms with van der Waals surface area (Å²) in [4.78, 5) is 12.5. The van der Waals surface area contributed by atoms with E-state index in [2.05, 4.69) is 17.3 Å². The van der Waals surface area contributed by atoms with Crippen molar-refractivity contribution in [3.63, 3.8) is 0 Å². The van der Waals surface area contributed by atoms with Gasteiger partial charge in [0.1, 0.15) is 11.4 Å². The van der Waals surface area contributed by atoms with Gasteiger partial charge in [0.25, 0.3) is 5.91 Å². The van der Waals surface area contributed by atoms with Gasteiger partial charge in [0, 0.05) is 17.3 Å². The van der Waals surface area contributed by atoms with Crippen LogP contribution in [0.1, 0.15) is 48.7 Å². The highest BCUT2D eigenvalue weighted by molar-refractivity contribution is 6.31. The van der Waals surface area contributed by atoms with Crippen molar-refractivity contribution in [3.8, 4) is 5.75 Å². The fourth-order valence-electron chi connectivity index (χ4n) is 4.70. The van der Waals surface area contributed by atoms with Crippen LogP contribution in [0.4, 0.5) is 0 Å². The third-order valence-electron chi connectivity index (χ3n) is 6.16. The Morgan fingerprint density at radius 2 is 2.22 bits per heavy atom. The lowest BCUT2D eigenvalue weighted by atomic mass is 9.84. The molecule has 5 nitrogen and oxygen atoms in total. The number of nitrogens with one attached hydrogen (secondary N) is 1. The monoisotopic (exact) mass is 387 g/mol. The number of aromatic nitrogens is 2. The maximum atomic E-state index is 12.5. The summed E-state index contributed by atoms with van der Waals surface area (Å²) in [7, 11) is 0. The van der Waals surface area contributed by atoms with Crippen molar-refractivity contribution >= 4 is 17.5 Å². The molecule has 2 saturated carbocycles. The molecule has 2 aliphatic carbocycles. The molecular formula is C21H26ClN3O2. The number of amides is 1. The van der Waals surface area contributed by atoms with Gasteiger partial charge in [0.15, 0.2) is 6.73 Å². The predicted octanol–water partition coefficient (Wildman–Crippen LogP) is 4.44. The van der Waals surface area contributed by atoms with Crippen molar-refractivity contribution in [2.24, 2.45) is 17.8 Å². The number of hydrogen-bond donors (Lipinski definition) is 1. The Labute approximate surface area is 165 Å². The molecule has 27 heavy (non-hydrogen) atoms. The molecule has 2 aliphatic rings. The molecule has 1 amide bonds. The van der Waals surface area contributed by atoms with Crippen LogP contribution >= 0.6 is 11.6 Å². The number of ether oxygens (including phenoxy) is 1. The Bertz CT molecular complexity index is 835. The highest BCUT2D eigenvalue weighted by atomic mass is 35.5. The quantitative estimate of drug-likeness (QED) is 0.797. The topological polar surface area (TPSA) is 56.1 Å². The Balaban J connectivity index is 1.31. The largest absolute Gasteiger partial charge is 0.471 e. The molecule has 1 aromatic heterocycles. The number of carbonyl (C=O) groups excluding carboxylic acids is 1. The van der Waals surface area contributed by atoms with Crippen LogP contribution in [0, 0.1) is 24.7 Å². The van der Waals surface area contributed by atoms with E-state index in [1.54, 1.807) is 16.9 Å². The van der Waals surface area contributed by atoms with Crippen molar-refractivity contribution < 1.29 is 9.53 Å². The molecule has 0 saturated heterocycles. The highest BCUT2D eigenvalue weighted by Gasteiger charge is 2.42. The molecule has 0 radical (unpaired) electrons. The molecule has 2 aromatic rings. The fourth-order valence-corrected chi connectivity index (χ4v) is 4.81. The Hall–Kier alpha value is -2.01. The molecular weight excluding hydrogens is 362 g/mol. The minimum atomic E-state index is -0.105. The van der Waals surface area contributed by atoms with Crippen LogP contribution in [0.5, 0.6) is 5.75 Å². The molecule has 0 spiro atoms. The van der Waals surface area contributed by atoms with E-state index in [1.807, 2.05) is 25.1 Å². The van der Waals surface area contributed by atoms with Gasteiger partial charge in [0.2, 0.25) is 0 Å². The maximum absolute atomic E-state index is 12.5. The Morgan fingerprint density at radius 3 is 2.93 bits per heavy atom. The fraction of sp³-hybridized carbons (Fsp3) is 0.524. The second-order valence-electron chi connectivity index (χ2n) is 8.03. The molecule has 4 unspecified atom stereocenters. The van der Waals surface area contributed by atoms with E-state index in [9.17, 15) is 4.79 Å². The van der Waals surface area contributed by atoms with Gasteiger partial charge in [-0.15, -0.1) is 0 Å². The summed E-state index contributed by atoms with van der Waals surface area (Å²) in [5.41, 5.74) is 1.39. The summed E-state index contributed by atoms with van der Waals surface area (Å²) in [5.74, 6) is 2.91. The third-order valence-corrected chi connectivity index (χ3v) is 6.58. The first-order valence-corrected chi connectivity index (χ1v) is 10.1. The van der Waals surface area contributed by atoms with Gasteiger partial charge in [-0.1, -0.05) is 18.0 Å². The molecule has 2 fully saturated rings. The molecule has 144 valence electrons. The van der Waals surface area contributed by atoms with Crippen LogP contribution in [-0.4, -0.2) is 21.7 Å². The van der Waals surface area contributed by atoms with Gasteiger partial charge in [-0.25, -0.2) is 4.68 Å². The first kappa shape index (κ1) is 18.4. The van der Waals surface area contributed by atoms with Gasteiger partial charge in [0.05, 0.1) is 0 Å². The first-order chi connectivity index (χ1) is 13.0. The maximum Gasteiger partial charge on any atom is 0.271 e. The Kier molecular flexibility index (Phi) is 5.13. The Morgan fingerprint density at radius 1 is 1.37 bits per heavy atom. The van der Waals surface area contributed by atoms with Crippen molar-refractivity contribution in [1.29, 1.82) is 0 Å². The number of nitrogens with zero attached hydrogens (tertiary/aromatic N) is 2. The van der Waals surface area contributed by atoms with Gasteiger partial charge in [-0.3, -0.25) is 4.79 Å². The van der Waals surface area contributed by atoms with Gasteiger partial charge in [-0.2, -0.15) is 5.10 Å². The minimum Gasteiger partial charge on any atom is -0.471 e. The zero-order valence-electron chi connectivity index (χ0n) is 15.8. The standard InChI is InChI=1S/C21H26ClN3O2/c1-13-9-17(5-6-19(13)22)27-12-25-8-7-20(24-25)21(26)23-14(2)18-11-15-3-4-16(18)10-15/h5-9,14-16,18H,3-4,10-12H2,1-2H3,(H,23,26). The average molecular weight is 388 g/mol. The normalized spacial score (nSPS) is 24.8. The molecule has 0 aliphatic heterocycles. The van der Waals surface area contributed by atoms with Gasteiger partial charge < -0.3 is 10.1 Å². The lowest BCUT2D eigenvalue weighted by Crippen LogP contribution is -2.40. The molecule has 1 aromatic carbocycles.